The van der Waals surface area contributed by atoms with Gasteiger partial charge in [0.1, 0.15) is 11.6 Å². The molecule has 2 aromatic heterocycles. The number of hydrogen-bond donors (Lipinski definition) is 1. The Morgan fingerprint density at radius 2 is 1.70 bits per heavy atom. The molecule has 2 heterocycles. The number of fused-ring (bicyclic) bond motifs is 1. The highest BCUT2D eigenvalue weighted by atomic mass is 32.2. The first kappa shape index (κ1) is 20.0. The minimum Gasteiger partial charge on any atom is -0.338 e. The standard InChI is InChI=1S/C22H20FN3O3S/c1-22(2,3)30(28,29)17-9-10-18-19(12-17)25-21(24-18)14-4-11-20(27)26(13-14)16-7-5-15(23)6-8-16/h4-13H,1-3H3,(H,24,25). The van der Waals surface area contributed by atoms with E-state index in [1.54, 1.807) is 51.2 Å². The molecule has 0 spiro atoms. The summed E-state index contributed by atoms with van der Waals surface area (Å²) in [5.41, 5.74) is 2.08. The number of hydrogen-bond acceptors (Lipinski definition) is 4. The van der Waals surface area contributed by atoms with Gasteiger partial charge in [-0.05, 0) is 69.3 Å². The lowest BCUT2D eigenvalue weighted by Gasteiger charge is -2.19. The first-order valence-corrected chi connectivity index (χ1v) is 10.8. The molecule has 8 heteroatoms. The van der Waals surface area contributed by atoms with Crippen LogP contribution >= 0.6 is 0 Å². The van der Waals surface area contributed by atoms with Gasteiger partial charge in [0.25, 0.3) is 5.56 Å². The van der Waals surface area contributed by atoms with Crippen molar-refractivity contribution >= 4 is 20.9 Å². The van der Waals surface area contributed by atoms with Gasteiger partial charge in [0.2, 0.25) is 0 Å². The molecule has 30 heavy (non-hydrogen) atoms. The van der Waals surface area contributed by atoms with Crippen molar-refractivity contribution < 1.29 is 12.8 Å². The predicted molar refractivity (Wildman–Crippen MR) is 114 cm³/mol. The molecule has 0 aliphatic heterocycles. The van der Waals surface area contributed by atoms with Gasteiger partial charge in [-0.25, -0.2) is 17.8 Å². The molecule has 1 N–H and O–H groups in total. The maximum absolute atomic E-state index is 13.2. The molecule has 0 atom stereocenters. The monoisotopic (exact) mass is 425 g/mol. The van der Waals surface area contributed by atoms with Crippen molar-refractivity contribution in [1.82, 2.24) is 14.5 Å². The van der Waals surface area contributed by atoms with Gasteiger partial charge in [0, 0.05) is 23.5 Å². The van der Waals surface area contributed by atoms with Crippen molar-refractivity contribution in [3.8, 4) is 17.1 Å². The van der Waals surface area contributed by atoms with Gasteiger partial charge in [-0.15, -0.1) is 0 Å². The van der Waals surface area contributed by atoms with Gasteiger partial charge in [-0.1, -0.05) is 0 Å². The first-order chi connectivity index (χ1) is 14.1. The number of rotatable bonds is 3. The van der Waals surface area contributed by atoms with Crippen molar-refractivity contribution in [3.63, 3.8) is 0 Å². The third kappa shape index (κ3) is 3.43. The summed E-state index contributed by atoms with van der Waals surface area (Å²) >= 11 is 0. The van der Waals surface area contributed by atoms with Crippen LogP contribution in [0.2, 0.25) is 0 Å². The number of aromatic amines is 1. The zero-order chi connectivity index (χ0) is 21.7. The van der Waals surface area contributed by atoms with Crippen molar-refractivity contribution in [2.45, 2.75) is 30.4 Å². The SMILES string of the molecule is CC(C)(C)S(=O)(=O)c1ccc2nc(-c3ccc(=O)n(-c4ccc(F)cc4)c3)[nH]c2c1. The average Bonchev–Trinajstić information content (AvgIpc) is 3.11. The molecule has 4 rings (SSSR count). The normalized spacial score (nSPS) is 12.4. The number of nitrogens with one attached hydrogen (secondary N) is 1. The molecule has 0 aliphatic rings. The Morgan fingerprint density at radius 3 is 2.37 bits per heavy atom. The first-order valence-electron chi connectivity index (χ1n) is 9.30. The van der Waals surface area contributed by atoms with Crippen LogP contribution in [0.4, 0.5) is 4.39 Å². The zero-order valence-corrected chi connectivity index (χ0v) is 17.5. The Balaban J connectivity index is 1.80. The summed E-state index contributed by atoms with van der Waals surface area (Å²) in [5.74, 6) is 0.104. The van der Waals surface area contributed by atoms with Crippen LogP contribution in [-0.2, 0) is 9.84 Å². The maximum Gasteiger partial charge on any atom is 0.255 e. The zero-order valence-electron chi connectivity index (χ0n) is 16.7. The molecule has 6 nitrogen and oxygen atoms in total. The fourth-order valence-corrected chi connectivity index (χ4v) is 4.30. The lowest BCUT2D eigenvalue weighted by atomic mass is 10.2. The fourth-order valence-electron chi connectivity index (χ4n) is 3.08. The number of benzene rings is 2. The number of H-pyrrole nitrogens is 1. The van der Waals surface area contributed by atoms with Crippen LogP contribution in [0.1, 0.15) is 20.8 Å². The van der Waals surface area contributed by atoms with E-state index in [-0.39, 0.29) is 16.3 Å². The van der Waals surface area contributed by atoms with Gasteiger partial charge in [0.05, 0.1) is 20.7 Å². The summed E-state index contributed by atoms with van der Waals surface area (Å²) in [6.45, 7) is 4.97. The summed E-state index contributed by atoms with van der Waals surface area (Å²) in [5, 5.41) is 0. The maximum atomic E-state index is 13.2. The highest BCUT2D eigenvalue weighted by Crippen LogP contribution is 2.28. The van der Waals surface area contributed by atoms with E-state index in [2.05, 4.69) is 9.97 Å². The van der Waals surface area contributed by atoms with Gasteiger partial charge >= 0.3 is 0 Å². The number of aromatic nitrogens is 3. The minimum atomic E-state index is -3.50. The van der Waals surface area contributed by atoms with Crippen molar-refractivity contribution in [3.05, 3.63) is 77.0 Å². The van der Waals surface area contributed by atoms with E-state index in [0.717, 1.165) is 0 Å². The molecule has 0 radical (unpaired) electrons. The average molecular weight is 425 g/mol. The van der Waals surface area contributed by atoms with Gasteiger partial charge in [0.15, 0.2) is 9.84 Å². The topological polar surface area (TPSA) is 84.8 Å². The molecule has 154 valence electrons. The second kappa shape index (κ2) is 6.91. The number of halogens is 1. The van der Waals surface area contributed by atoms with Gasteiger partial charge in [-0.3, -0.25) is 9.36 Å². The Bertz CT molecular complexity index is 1410. The Kier molecular flexibility index (Phi) is 4.62. The molecule has 0 saturated heterocycles. The summed E-state index contributed by atoms with van der Waals surface area (Å²) in [7, 11) is -3.50. The van der Waals surface area contributed by atoms with E-state index < -0.39 is 14.6 Å². The number of imidazole rings is 1. The van der Waals surface area contributed by atoms with Crippen LogP contribution in [-0.4, -0.2) is 27.7 Å². The highest BCUT2D eigenvalue weighted by molar-refractivity contribution is 7.92. The summed E-state index contributed by atoms with van der Waals surface area (Å²) in [6, 6.07) is 13.4. The third-order valence-electron chi connectivity index (χ3n) is 4.86. The molecule has 4 aromatic rings. The van der Waals surface area contributed by atoms with Crippen LogP contribution in [0, 0.1) is 5.82 Å². The Hall–Kier alpha value is -3.26. The fraction of sp³-hybridized carbons (Fsp3) is 0.182. The molecular formula is C22H20FN3O3S. The Labute approximate surface area is 172 Å². The van der Waals surface area contributed by atoms with E-state index in [1.807, 2.05) is 0 Å². The number of sulfone groups is 1. The molecule has 2 aromatic carbocycles. The minimum absolute atomic E-state index is 0.217. The van der Waals surface area contributed by atoms with E-state index in [9.17, 15) is 17.6 Å². The van der Waals surface area contributed by atoms with Gasteiger partial charge < -0.3 is 4.98 Å². The lowest BCUT2D eigenvalue weighted by molar-refractivity contribution is 0.560. The van der Waals surface area contributed by atoms with E-state index in [0.29, 0.717) is 28.1 Å². The van der Waals surface area contributed by atoms with E-state index in [4.69, 9.17) is 0 Å². The van der Waals surface area contributed by atoms with Crippen LogP contribution in [0.15, 0.2) is 70.5 Å². The quantitative estimate of drug-likeness (QED) is 0.536. The van der Waals surface area contributed by atoms with E-state index in [1.165, 1.54) is 34.9 Å². The molecule has 0 amide bonds. The molecule has 0 bridgehead atoms. The number of pyridine rings is 1. The third-order valence-corrected chi connectivity index (χ3v) is 7.35. The van der Waals surface area contributed by atoms with Crippen LogP contribution in [0.25, 0.3) is 28.1 Å². The molecule has 0 unspecified atom stereocenters. The smallest absolute Gasteiger partial charge is 0.255 e. The van der Waals surface area contributed by atoms with Crippen LogP contribution in [0.5, 0.6) is 0 Å². The summed E-state index contributed by atoms with van der Waals surface area (Å²) in [6.07, 6.45) is 1.61. The largest absolute Gasteiger partial charge is 0.338 e. The van der Waals surface area contributed by atoms with Crippen molar-refractivity contribution in [2.24, 2.45) is 0 Å². The van der Waals surface area contributed by atoms with Gasteiger partial charge in [-0.2, -0.15) is 0 Å². The summed E-state index contributed by atoms with van der Waals surface area (Å²) < 4.78 is 39.2. The number of nitrogens with zero attached hydrogens (tertiary/aromatic N) is 2. The highest BCUT2D eigenvalue weighted by Gasteiger charge is 2.31. The van der Waals surface area contributed by atoms with Crippen LogP contribution in [0.3, 0.4) is 0 Å². The molecule has 0 saturated carbocycles. The Morgan fingerprint density at radius 1 is 1.00 bits per heavy atom. The molecule has 0 aliphatic carbocycles. The molecule has 0 fully saturated rings. The predicted octanol–water partition coefficient (Wildman–Crippen LogP) is 4.09. The van der Waals surface area contributed by atoms with Crippen LogP contribution < -0.4 is 5.56 Å². The molecular weight excluding hydrogens is 405 g/mol. The second-order valence-electron chi connectivity index (χ2n) is 7.98. The second-order valence-corrected chi connectivity index (χ2v) is 10.7. The lowest BCUT2D eigenvalue weighted by Crippen LogP contribution is -2.27. The van der Waals surface area contributed by atoms with Crippen molar-refractivity contribution in [2.75, 3.05) is 0 Å². The van der Waals surface area contributed by atoms with E-state index >= 15 is 0 Å². The van der Waals surface area contributed by atoms with Crippen molar-refractivity contribution in [1.29, 1.82) is 0 Å². The summed E-state index contributed by atoms with van der Waals surface area (Å²) in [4.78, 5) is 20.2.